The predicted molar refractivity (Wildman–Crippen MR) is 142 cm³/mol. The Morgan fingerprint density at radius 2 is 1.79 bits per heavy atom. The summed E-state index contributed by atoms with van der Waals surface area (Å²) in [6.45, 7) is 0.799. The highest BCUT2D eigenvalue weighted by molar-refractivity contribution is 6.31. The van der Waals surface area contributed by atoms with Gasteiger partial charge in [0, 0.05) is 29.6 Å². The second-order valence-electron chi connectivity index (χ2n) is 8.46. The van der Waals surface area contributed by atoms with E-state index in [1.54, 1.807) is 0 Å². The van der Waals surface area contributed by atoms with Crippen LogP contribution in [0.2, 0.25) is 5.02 Å². The molecule has 0 saturated heterocycles. The van der Waals surface area contributed by atoms with Gasteiger partial charge in [-0.2, -0.15) is 5.26 Å². The van der Waals surface area contributed by atoms with Crippen LogP contribution >= 0.6 is 11.6 Å². The van der Waals surface area contributed by atoms with Gasteiger partial charge in [-0.05, 0) is 71.3 Å². The van der Waals surface area contributed by atoms with E-state index < -0.39 is 0 Å². The van der Waals surface area contributed by atoms with Crippen molar-refractivity contribution in [2.24, 2.45) is 0 Å². The summed E-state index contributed by atoms with van der Waals surface area (Å²) in [5.41, 5.74) is 6.74. The number of unbranched alkanes of at least 4 members (excludes halogenated alkanes) is 1. The highest BCUT2D eigenvalue weighted by atomic mass is 35.5. The molecule has 0 aliphatic heterocycles. The van der Waals surface area contributed by atoms with Crippen molar-refractivity contribution in [3.8, 4) is 6.07 Å². The smallest absolute Gasteiger partial charge is 0.0724 e. The third kappa shape index (κ3) is 4.88. The summed E-state index contributed by atoms with van der Waals surface area (Å²) in [4.78, 5) is 4.71. The molecular weight excluding hydrogens is 438 g/mol. The highest BCUT2D eigenvalue weighted by Crippen LogP contribution is 2.24. The molecule has 3 nitrogen and oxygen atoms in total. The topological polar surface area (TPSA) is 41.6 Å². The van der Waals surface area contributed by atoms with Crippen molar-refractivity contribution >= 4 is 45.6 Å². The zero-order chi connectivity index (χ0) is 23.3. The molecule has 0 aliphatic carbocycles. The van der Waals surface area contributed by atoms with Crippen LogP contribution in [0.5, 0.6) is 0 Å². The van der Waals surface area contributed by atoms with Gasteiger partial charge < -0.3 is 4.57 Å². The monoisotopic (exact) mass is 461 g/mol. The molecule has 4 heteroatoms. The summed E-state index contributed by atoms with van der Waals surface area (Å²) in [6, 6.07) is 29.3. The van der Waals surface area contributed by atoms with Crippen molar-refractivity contribution in [2.45, 2.75) is 25.8 Å². The lowest BCUT2D eigenvalue weighted by atomic mass is 10.1. The summed E-state index contributed by atoms with van der Waals surface area (Å²) in [5.74, 6) is 0. The van der Waals surface area contributed by atoms with Crippen LogP contribution in [0.3, 0.4) is 0 Å². The number of pyridine rings is 1. The third-order valence-electron chi connectivity index (χ3n) is 6.03. The maximum Gasteiger partial charge on any atom is 0.0724 e. The second-order valence-corrected chi connectivity index (χ2v) is 8.90. The molecule has 0 amide bonds. The Hall–Kier alpha value is -3.87. The number of aryl methyl sites for hydroxylation is 1. The van der Waals surface area contributed by atoms with Gasteiger partial charge in [0.15, 0.2) is 0 Å². The minimum Gasteiger partial charge on any atom is -0.343 e. The van der Waals surface area contributed by atoms with Crippen molar-refractivity contribution in [3.05, 3.63) is 112 Å². The van der Waals surface area contributed by atoms with Crippen LogP contribution in [-0.2, 0) is 13.0 Å². The molecule has 3 aromatic carbocycles. The lowest BCUT2D eigenvalue weighted by molar-refractivity contribution is 0.813. The lowest BCUT2D eigenvalue weighted by Gasteiger charge is -2.10. The van der Waals surface area contributed by atoms with Gasteiger partial charge >= 0.3 is 0 Å². The molecule has 5 aromatic rings. The van der Waals surface area contributed by atoms with Crippen LogP contribution in [0.25, 0.3) is 34.0 Å². The Kier molecular flexibility index (Phi) is 6.42. The minimum atomic E-state index is 0.588. The zero-order valence-corrected chi connectivity index (χ0v) is 19.5. The normalized spacial score (nSPS) is 11.4. The van der Waals surface area contributed by atoms with Crippen molar-refractivity contribution in [1.29, 1.82) is 5.26 Å². The number of halogens is 1. The molecule has 0 atom stereocenters. The van der Waals surface area contributed by atoms with E-state index in [0.29, 0.717) is 11.4 Å². The number of rotatable bonds is 7. The Bertz CT molecular complexity index is 1540. The zero-order valence-electron chi connectivity index (χ0n) is 18.8. The number of hydrogen-bond acceptors (Lipinski definition) is 2. The minimum absolute atomic E-state index is 0.588. The van der Waals surface area contributed by atoms with Crippen molar-refractivity contribution in [3.63, 3.8) is 0 Å². The maximum atomic E-state index is 8.90. The van der Waals surface area contributed by atoms with Crippen molar-refractivity contribution in [2.75, 3.05) is 0 Å². The standard InChI is InChI=1S/C30H24ClN3/c31-27-13-11-24-12-15-28(33-29(24)20-27)14-10-22-5-3-6-23(19-22)21-34-18-16-26-9-4-8-25(30(26)34)7-1-2-17-32/h3-6,8-16,18-20H,1-2,7,21H2. The number of nitrogens with zero attached hydrogens (tertiary/aromatic N) is 3. The van der Waals surface area contributed by atoms with Gasteiger partial charge in [0.05, 0.1) is 22.8 Å². The number of nitriles is 1. The molecule has 0 saturated carbocycles. The quantitative estimate of drug-likeness (QED) is 0.231. The fourth-order valence-corrected chi connectivity index (χ4v) is 4.57. The summed E-state index contributed by atoms with van der Waals surface area (Å²) >= 11 is 6.12. The fraction of sp³-hybridized carbons (Fsp3) is 0.133. The highest BCUT2D eigenvalue weighted by Gasteiger charge is 2.07. The fourth-order valence-electron chi connectivity index (χ4n) is 4.40. The van der Waals surface area contributed by atoms with Crippen LogP contribution in [0.1, 0.15) is 35.2 Å². The van der Waals surface area contributed by atoms with E-state index in [4.69, 9.17) is 21.8 Å². The van der Waals surface area contributed by atoms with E-state index in [-0.39, 0.29) is 0 Å². The molecule has 0 aliphatic rings. The van der Waals surface area contributed by atoms with E-state index in [1.807, 2.05) is 30.3 Å². The van der Waals surface area contributed by atoms with E-state index in [2.05, 4.69) is 77.5 Å². The molecule has 0 N–H and O–H groups in total. The second kappa shape index (κ2) is 9.95. The molecule has 34 heavy (non-hydrogen) atoms. The van der Waals surface area contributed by atoms with Crippen LogP contribution in [0.15, 0.2) is 85.1 Å². The van der Waals surface area contributed by atoms with Gasteiger partial charge in [0.2, 0.25) is 0 Å². The Labute approximate surface area is 204 Å². The van der Waals surface area contributed by atoms with Gasteiger partial charge in [-0.1, -0.05) is 66.2 Å². The third-order valence-corrected chi connectivity index (χ3v) is 6.27. The van der Waals surface area contributed by atoms with Gasteiger partial charge in [-0.25, -0.2) is 4.98 Å². The average molecular weight is 462 g/mol. The van der Waals surface area contributed by atoms with E-state index in [1.165, 1.54) is 22.0 Å². The molecular formula is C30H24ClN3. The van der Waals surface area contributed by atoms with Crippen LogP contribution in [0, 0.1) is 11.3 Å². The van der Waals surface area contributed by atoms with E-state index in [9.17, 15) is 0 Å². The molecule has 166 valence electrons. The van der Waals surface area contributed by atoms with Gasteiger partial charge in [0.1, 0.15) is 0 Å². The first-order valence-corrected chi connectivity index (χ1v) is 11.8. The summed E-state index contributed by atoms with van der Waals surface area (Å²) in [5, 5.41) is 11.9. The largest absolute Gasteiger partial charge is 0.343 e. The van der Waals surface area contributed by atoms with Crippen LogP contribution in [0.4, 0.5) is 0 Å². The van der Waals surface area contributed by atoms with Crippen molar-refractivity contribution in [1.82, 2.24) is 9.55 Å². The van der Waals surface area contributed by atoms with Crippen LogP contribution < -0.4 is 0 Å². The van der Waals surface area contributed by atoms with E-state index in [0.717, 1.165) is 41.5 Å². The lowest BCUT2D eigenvalue weighted by Crippen LogP contribution is -2.00. The first-order chi connectivity index (χ1) is 16.7. The number of para-hydroxylation sites is 1. The Morgan fingerprint density at radius 1 is 0.912 bits per heavy atom. The number of benzene rings is 3. The molecule has 0 bridgehead atoms. The summed E-state index contributed by atoms with van der Waals surface area (Å²) < 4.78 is 2.31. The predicted octanol–water partition coefficient (Wildman–Crippen LogP) is 7.91. The Balaban J connectivity index is 1.38. The molecule has 0 fully saturated rings. The SMILES string of the molecule is N#CCCCc1cccc2ccn(Cc3cccc(C=Cc4ccc5ccc(Cl)cc5n4)c3)c12. The maximum absolute atomic E-state index is 8.90. The summed E-state index contributed by atoms with van der Waals surface area (Å²) in [6.07, 6.45) is 8.69. The molecule has 0 radical (unpaired) electrons. The van der Waals surface area contributed by atoms with Crippen LogP contribution in [-0.4, -0.2) is 9.55 Å². The van der Waals surface area contributed by atoms with Crippen molar-refractivity contribution < 1.29 is 0 Å². The number of hydrogen-bond donors (Lipinski definition) is 0. The number of aromatic nitrogens is 2. The molecule has 2 aromatic heterocycles. The molecule has 0 unspecified atom stereocenters. The molecule has 5 rings (SSSR count). The summed E-state index contributed by atoms with van der Waals surface area (Å²) in [7, 11) is 0. The van der Waals surface area contributed by atoms with E-state index >= 15 is 0 Å². The molecule has 0 spiro atoms. The first kappa shape index (κ1) is 21.9. The first-order valence-electron chi connectivity index (χ1n) is 11.5. The average Bonchev–Trinajstić information content (AvgIpc) is 3.26. The van der Waals surface area contributed by atoms with Gasteiger partial charge in [-0.15, -0.1) is 0 Å². The number of fused-ring (bicyclic) bond motifs is 2. The van der Waals surface area contributed by atoms with Gasteiger partial charge in [0.25, 0.3) is 0 Å². The Morgan fingerprint density at radius 3 is 2.71 bits per heavy atom. The van der Waals surface area contributed by atoms with Gasteiger partial charge in [-0.3, -0.25) is 0 Å². The molecule has 2 heterocycles.